The van der Waals surface area contributed by atoms with Crippen molar-refractivity contribution in [2.45, 2.75) is 20.3 Å². The van der Waals surface area contributed by atoms with Crippen LogP contribution in [0.1, 0.15) is 28.2 Å². The minimum Gasteiger partial charge on any atom is -0.369 e. The summed E-state index contributed by atoms with van der Waals surface area (Å²) in [6.07, 6.45) is 0.828. The number of aryl methyl sites for hydroxylation is 2. The molecular formula is C26H31N5O2. The number of benzene rings is 2. The van der Waals surface area contributed by atoms with Crippen molar-refractivity contribution in [2.24, 2.45) is 0 Å². The lowest BCUT2D eigenvalue weighted by atomic mass is 10.2. The maximum atomic E-state index is 12.6. The third-order valence-corrected chi connectivity index (χ3v) is 6.00. The van der Waals surface area contributed by atoms with Crippen molar-refractivity contribution in [3.8, 4) is 5.69 Å². The number of carbonyl (C=O) groups excluding carboxylic acids is 1. The minimum atomic E-state index is -0.422. The van der Waals surface area contributed by atoms with E-state index in [0.29, 0.717) is 12.2 Å². The predicted octanol–water partition coefficient (Wildman–Crippen LogP) is 2.79. The second kappa shape index (κ2) is 10.4. The molecule has 1 saturated heterocycles. The fraction of sp³-hybridized carbons (Fsp3) is 0.346. The smallest absolute Gasteiger partial charge is 0.275 e. The first-order chi connectivity index (χ1) is 16.0. The third-order valence-electron chi connectivity index (χ3n) is 6.00. The van der Waals surface area contributed by atoms with Crippen LogP contribution < -0.4 is 15.6 Å². The van der Waals surface area contributed by atoms with Gasteiger partial charge in [-0.1, -0.05) is 30.3 Å². The highest BCUT2D eigenvalue weighted by molar-refractivity contribution is 5.92. The van der Waals surface area contributed by atoms with Crippen molar-refractivity contribution < 1.29 is 4.79 Å². The molecule has 2 aromatic carbocycles. The average Bonchev–Trinajstić information content (AvgIpc) is 2.83. The Balaban J connectivity index is 1.26. The number of hydrogen-bond acceptors (Lipinski definition) is 5. The quantitative estimate of drug-likeness (QED) is 0.567. The van der Waals surface area contributed by atoms with Crippen molar-refractivity contribution in [1.29, 1.82) is 0 Å². The van der Waals surface area contributed by atoms with Gasteiger partial charge in [0.1, 0.15) is 0 Å². The van der Waals surface area contributed by atoms with E-state index >= 15 is 0 Å². The number of rotatable bonds is 7. The first-order valence-electron chi connectivity index (χ1n) is 11.5. The van der Waals surface area contributed by atoms with Crippen molar-refractivity contribution >= 4 is 11.6 Å². The normalized spacial score (nSPS) is 14.3. The van der Waals surface area contributed by atoms with Gasteiger partial charge in [-0.3, -0.25) is 14.5 Å². The van der Waals surface area contributed by atoms with Gasteiger partial charge in [-0.25, -0.2) is 4.68 Å². The van der Waals surface area contributed by atoms with Crippen molar-refractivity contribution in [2.75, 3.05) is 44.2 Å². The Morgan fingerprint density at radius 1 is 0.939 bits per heavy atom. The molecule has 1 N–H and O–H groups in total. The highest BCUT2D eigenvalue weighted by Gasteiger charge is 2.18. The molecule has 7 nitrogen and oxygen atoms in total. The van der Waals surface area contributed by atoms with Gasteiger partial charge in [0.05, 0.1) is 5.69 Å². The zero-order chi connectivity index (χ0) is 23.2. The standard InChI is InChI=1S/C26H31N5O2/c1-20-8-6-11-23(18-20)30-16-14-29(15-17-30)13-7-12-27-26(33)25-24(32)19-21(2)31(28-25)22-9-4-3-5-10-22/h3-6,8-11,18-19H,7,12-17H2,1-2H3,(H,27,33). The van der Waals surface area contributed by atoms with Crippen molar-refractivity contribution in [3.63, 3.8) is 0 Å². The zero-order valence-electron chi connectivity index (χ0n) is 19.3. The first kappa shape index (κ1) is 22.7. The number of carbonyl (C=O) groups is 1. The number of nitrogens with zero attached hydrogens (tertiary/aromatic N) is 4. The van der Waals surface area contributed by atoms with Crippen LogP contribution in [0.5, 0.6) is 0 Å². The third kappa shape index (κ3) is 5.68. The van der Waals surface area contributed by atoms with E-state index in [1.54, 1.807) is 4.68 Å². The van der Waals surface area contributed by atoms with Crippen LogP contribution in [0.15, 0.2) is 65.5 Å². The molecule has 0 saturated carbocycles. The van der Waals surface area contributed by atoms with Crippen LogP contribution in [0.4, 0.5) is 5.69 Å². The first-order valence-corrected chi connectivity index (χ1v) is 11.5. The number of amides is 1. The van der Waals surface area contributed by atoms with Crippen molar-refractivity contribution in [3.05, 3.63) is 87.8 Å². The van der Waals surface area contributed by atoms with Crippen LogP contribution in [0.25, 0.3) is 5.69 Å². The molecule has 3 aromatic rings. The Bertz CT molecular complexity index is 1150. The summed E-state index contributed by atoms with van der Waals surface area (Å²) < 4.78 is 1.63. The molecule has 0 radical (unpaired) electrons. The van der Waals surface area contributed by atoms with E-state index in [0.717, 1.165) is 44.8 Å². The Morgan fingerprint density at radius 3 is 2.39 bits per heavy atom. The van der Waals surface area contributed by atoms with Gasteiger partial charge in [0.25, 0.3) is 5.91 Å². The van der Waals surface area contributed by atoms with Gasteiger partial charge in [0.2, 0.25) is 5.43 Å². The summed E-state index contributed by atoms with van der Waals surface area (Å²) in [6.45, 7) is 9.37. The molecule has 0 unspecified atom stereocenters. The largest absolute Gasteiger partial charge is 0.369 e. The number of nitrogens with one attached hydrogen (secondary N) is 1. The second-order valence-electron chi connectivity index (χ2n) is 8.52. The SMILES string of the molecule is Cc1cccc(N2CCN(CCCNC(=O)c3nn(-c4ccccc4)c(C)cc3=O)CC2)c1. The van der Waals surface area contributed by atoms with Crippen LogP contribution >= 0.6 is 0 Å². The van der Waals surface area contributed by atoms with E-state index in [-0.39, 0.29) is 11.1 Å². The average molecular weight is 446 g/mol. The molecule has 0 aliphatic carbocycles. The van der Waals surface area contributed by atoms with Gasteiger partial charge < -0.3 is 10.2 Å². The topological polar surface area (TPSA) is 70.5 Å². The van der Waals surface area contributed by atoms with E-state index in [2.05, 4.69) is 51.4 Å². The van der Waals surface area contributed by atoms with E-state index < -0.39 is 5.91 Å². The predicted molar refractivity (Wildman–Crippen MR) is 131 cm³/mol. The van der Waals surface area contributed by atoms with E-state index in [9.17, 15) is 9.59 Å². The molecule has 1 aliphatic rings. The van der Waals surface area contributed by atoms with Gasteiger partial charge in [-0.05, 0) is 56.6 Å². The molecule has 4 rings (SSSR count). The fourth-order valence-electron chi connectivity index (χ4n) is 4.18. The maximum Gasteiger partial charge on any atom is 0.275 e. The summed E-state index contributed by atoms with van der Waals surface area (Å²) in [7, 11) is 0. The summed E-state index contributed by atoms with van der Waals surface area (Å²) in [5, 5.41) is 7.20. The van der Waals surface area contributed by atoms with Gasteiger partial charge >= 0.3 is 0 Å². The van der Waals surface area contributed by atoms with E-state index in [1.807, 2.05) is 37.3 Å². The Kier molecular flexibility index (Phi) is 7.19. The van der Waals surface area contributed by atoms with Gasteiger partial charge in [-0.2, -0.15) is 5.10 Å². The van der Waals surface area contributed by atoms with Crippen LogP contribution in [0.2, 0.25) is 0 Å². The molecular weight excluding hydrogens is 414 g/mol. The molecule has 1 amide bonds. The van der Waals surface area contributed by atoms with Crippen LogP contribution in [-0.4, -0.2) is 59.9 Å². The molecule has 0 spiro atoms. The summed E-state index contributed by atoms with van der Waals surface area (Å²) in [5.74, 6) is -0.422. The lowest BCUT2D eigenvalue weighted by molar-refractivity contribution is 0.0943. The molecule has 33 heavy (non-hydrogen) atoms. The van der Waals surface area contributed by atoms with Gasteiger partial charge in [0.15, 0.2) is 5.69 Å². The molecule has 7 heteroatoms. The van der Waals surface area contributed by atoms with E-state index in [4.69, 9.17) is 0 Å². The summed E-state index contributed by atoms with van der Waals surface area (Å²) in [6, 6.07) is 19.6. The summed E-state index contributed by atoms with van der Waals surface area (Å²) >= 11 is 0. The highest BCUT2D eigenvalue weighted by Crippen LogP contribution is 2.17. The second-order valence-corrected chi connectivity index (χ2v) is 8.52. The molecule has 2 heterocycles. The number of anilines is 1. The lowest BCUT2D eigenvalue weighted by Crippen LogP contribution is -2.47. The van der Waals surface area contributed by atoms with Crippen molar-refractivity contribution in [1.82, 2.24) is 20.0 Å². The Morgan fingerprint density at radius 2 is 1.67 bits per heavy atom. The zero-order valence-corrected chi connectivity index (χ0v) is 19.3. The summed E-state index contributed by atoms with van der Waals surface area (Å²) in [4.78, 5) is 29.8. The number of aromatic nitrogens is 2. The lowest BCUT2D eigenvalue weighted by Gasteiger charge is -2.36. The number of piperazine rings is 1. The molecule has 1 aliphatic heterocycles. The molecule has 172 valence electrons. The van der Waals surface area contributed by atoms with Crippen LogP contribution in [0, 0.1) is 13.8 Å². The Hall–Kier alpha value is -3.45. The highest BCUT2D eigenvalue weighted by atomic mass is 16.2. The summed E-state index contributed by atoms with van der Waals surface area (Å²) in [5.41, 5.74) is 3.64. The Labute approximate surface area is 194 Å². The van der Waals surface area contributed by atoms with Gasteiger partial charge in [0, 0.05) is 50.2 Å². The fourth-order valence-corrected chi connectivity index (χ4v) is 4.18. The van der Waals surface area contributed by atoms with Crippen LogP contribution in [0.3, 0.4) is 0 Å². The molecule has 0 atom stereocenters. The minimum absolute atomic E-state index is 0.0729. The molecule has 0 bridgehead atoms. The number of hydrogen-bond donors (Lipinski definition) is 1. The number of para-hydroxylation sites is 1. The molecule has 1 fully saturated rings. The van der Waals surface area contributed by atoms with Crippen LogP contribution in [-0.2, 0) is 0 Å². The van der Waals surface area contributed by atoms with E-state index in [1.165, 1.54) is 17.3 Å². The molecule has 1 aromatic heterocycles. The maximum absolute atomic E-state index is 12.6. The van der Waals surface area contributed by atoms with Gasteiger partial charge in [-0.15, -0.1) is 0 Å². The monoisotopic (exact) mass is 445 g/mol.